The molecule has 15 heteroatoms. The van der Waals surface area contributed by atoms with Crippen LogP contribution in [0.3, 0.4) is 0 Å². The van der Waals surface area contributed by atoms with Gasteiger partial charge in [0.25, 0.3) is 0 Å². The first-order chi connectivity index (χ1) is 25.9. The molecule has 2 aromatic carbocycles. The molecule has 0 aromatic heterocycles. The lowest BCUT2D eigenvalue weighted by atomic mass is 10.1. The van der Waals surface area contributed by atoms with E-state index in [1.54, 1.807) is 20.8 Å². The van der Waals surface area contributed by atoms with Gasteiger partial charge in [-0.2, -0.15) is 0 Å². The maximum Gasteiger partial charge on any atom is 0.408 e. The SMILES string of the molecule is CC(C)(C)OC(=O)NC(CCCCCC(=O)O)C(=O)O.CC(C)=CCCC(C)=CCCC(C)=CC(=O)O.O=C(O)c1ccc(S(=O)(=O)c2ccc(Cl)cc2)cc1. The van der Waals surface area contributed by atoms with Crippen molar-refractivity contribution in [2.24, 2.45) is 0 Å². The number of nitrogens with one attached hydrogen (secondary N) is 1. The van der Waals surface area contributed by atoms with Crippen molar-refractivity contribution in [3.63, 3.8) is 0 Å². The Morgan fingerprint density at radius 3 is 1.73 bits per heavy atom. The molecule has 5 N–H and O–H groups in total. The highest BCUT2D eigenvalue weighted by Gasteiger charge is 2.23. The van der Waals surface area contributed by atoms with Gasteiger partial charge >= 0.3 is 30.0 Å². The fourth-order valence-corrected chi connectivity index (χ4v) is 5.94. The van der Waals surface area contributed by atoms with Crippen LogP contribution >= 0.6 is 11.6 Å². The monoisotopic (exact) mass is 821 g/mol. The number of carboxylic acids is 4. The predicted molar refractivity (Wildman–Crippen MR) is 215 cm³/mol. The maximum atomic E-state index is 12.2. The van der Waals surface area contributed by atoms with Crippen LogP contribution in [-0.4, -0.2) is 70.5 Å². The molecular weight excluding hydrogens is 766 g/mol. The molecule has 0 aliphatic carbocycles. The Kier molecular flexibility index (Phi) is 23.7. The number of benzene rings is 2. The Morgan fingerprint density at radius 1 is 0.750 bits per heavy atom. The molecular formula is C41H56ClNO12S. The van der Waals surface area contributed by atoms with E-state index in [2.05, 4.69) is 38.2 Å². The van der Waals surface area contributed by atoms with Gasteiger partial charge in [0.05, 0.1) is 15.4 Å². The zero-order chi connectivity index (χ0) is 43.1. The summed E-state index contributed by atoms with van der Waals surface area (Å²) < 4.78 is 29.5. The molecule has 0 aliphatic rings. The minimum Gasteiger partial charge on any atom is -0.481 e. The van der Waals surface area contributed by atoms with Gasteiger partial charge in [-0.25, -0.2) is 27.6 Å². The number of halogens is 1. The fourth-order valence-electron chi connectivity index (χ4n) is 4.55. The quantitative estimate of drug-likeness (QED) is 0.0539. The van der Waals surface area contributed by atoms with Gasteiger partial charge in [0.2, 0.25) is 9.84 Å². The van der Waals surface area contributed by atoms with Crippen LogP contribution in [0.4, 0.5) is 4.79 Å². The highest BCUT2D eigenvalue weighted by molar-refractivity contribution is 7.91. The van der Waals surface area contributed by atoms with Crippen molar-refractivity contribution in [1.29, 1.82) is 0 Å². The average Bonchev–Trinajstić information content (AvgIpc) is 3.07. The molecule has 1 amide bonds. The van der Waals surface area contributed by atoms with E-state index in [1.807, 2.05) is 6.92 Å². The van der Waals surface area contributed by atoms with Gasteiger partial charge in [-0.1, -0.05) is 53.3 Å². The normalized spacial score (nSPS) is 12.1. The number of hydrogen-bond acceptors (Lipinski definition) is 8. The Balaban J connectivity index is 0.000000813. The van der Waals surface area contributed by atoms with E-state index in [4.69, 9.17) is 36.8 Å². The van der Waals surface area contributed by atoms with Crippen molar-refractivity contribution >= 4 is 51.4 Å². The van der Waals surface area contributed by atoms with E-state index in [0.717, 1.165) is 31.3 Å². The first-order valence-electron chi connectivity index (χ1n) is 17.9. The highest BCUT2D eigenvalue weighted by Crippen LogP contribution is 2.23. The third-order valence-corrected chi connectivity index (χ3v) is 9.44. The Hall–Kier alpha value is -4.95. The second-order valence-corrected chi connectivity index (χ2v) is 16.4. The van der Waals surface area contributed by atoms with Crippen molar-refractivity contribution in [3.8, 4) is 0 Å². The van der Waals surface area contributed by atoms with Crippen LogP contribution in [0, 0.1) is 0 Å². The number of carboxylic acid groups (broad SMARTS) is 4. The van der Waals surface area contributed by atoms with Gasteiger partial charge in [0, 0.05) is 17.5 Å². The Morgan fingerprint density at radius 2 is 1.27 bits per heavy atom. The van der Waals surface area contributed by atoms with Gasteiger partial charge < -0.3 is 30.5 Å². The lowest BCUT2D eigenvalue weighted by molar-refractivity contribution is -0.140. The first kappa shape index (κ1) is 51.0. The molecule has 1 unspecified atom stereocenters. The molecule has 56 heavy (non-hydrogen) atoms. The molecule has 0 heterocycles. The Bertz CT molecular complexity index is 1790. The third-order valence-electron chi connectivity index (χ3n) is 7.40. The van der Waals surface area contributed by atoms with Gasteiger partial charge in [-0.3, -0.25) is 4.79 Å². The topological polar surface area (TPSA) is 222 Å². The number of amides is 1. The second kappa shape index (κ2) is 26.0. The lowest BCUT2D eigenvalue weighted by Crippen LogP contribution is -2.43. The fraction of sp³-hybridized carbons (Fsp3) is 0.439. The summed E-state index contributed by atoms with van der Waals surface area (Å²) in [6.07, 6.45) is 10.8. The molecule has 2 aromatic rings. The molecule has 0 aliphatic heterocycles. The van der Waals surface area contributed by atoms with Crippen LogP contribution in [0.5, 0.6) is 0 Å². The third kappa shape index (κ3) is 24.5. The summed E-state index contributed by atoms with van der Waals surface area (Å²) in [6.45, 7) is 13.3. The highest BCUT2D eigenvalue weighted by atomic mass is 35.5. The first-order valence-corrected chi connectivity index (χ1v) is 19.8. The summed E-state index contributed by atoms with van der Waals surface area (Å²) in [5.74, 6) is -3.96. The molecule has 0 radical (unpaired) electrons. The molecule has 310 valence electrons. The Labute approximate surface area is 335 Å². The number of hydrogen-bond donors (Lipinski definition) is 5. The van der Waals surface area contributed by atoms with Gasteiger partial charge in [0.15, 0.2) is 0 Å². The van der Waals surface area contributed by atoms with E-state index in [9.17, 15) is 32.4 Å². The van der Waals surface area contributed by atoms with Gasteiger partial charge in [-0.15, -0.1) is 0 Å². The summed E-state index contributed by atoms with van der Waals surface area (Å²) in [4.78, 5) is 54.1. The molecule has 0 fully saturated rings. The zero-order valence-electron chi connectivity index (χ0n) is 33.1. The number of alkyl carbamates (subject to hydrolysis) is 1. The molecule has 0 spiro atoms. The van der Waals surface area contributed by atoms with Crippen molar-refractivity contribution < 1.29 is 57.6 Å². The summed E-state index contributed by atoms with van der Waals surface area (Å²) in [5.41, 5.74) is 3.01. The number of unbranched alkanes of at least 4 members (excludes halogenated alkanes) is 2. The van der Waals surface area contributed by atoms with Gasteiger partial charge in [0.1, 0.15) is 11.6 Å². The molecule has 0 saturated heterocycles. The van der Waals surface area contributed by atoms with E-state index in [-0.39, 0.29) is 28.2 Å². The summed E-state index contributed by atoms with van der Waals surface area (Å²) >= 11 is 5.70. The van der Waals surface area contributed by atoms with Crippen molar-refractivity contribution in [1.82, 2.24) is 5.32 Å². The standard InChI is InChI=1S/C15H24O2.C13H9ClO4S.C13H23NO6/c1-12(2)7-5-8-13(3)9-6-10-14(4)11-15(16)17;14-10-3-7-12(8-4-10)19(17,18)11-5-1-9(2-6-11)13(15)16;1-13(2,3)20-12(19)14-9(11(17)18)7-5-4-6-8-10(15)16/h7,9,11H,5-6,8,10H2,1-4H3,(H,16,17);1-8H,(H,15,16);9H,4-8H2,1-3H3,(H,14,19)(H,15,16)(H,17,18). The number of sulfone groups is 1. The van der Waals surface area contributed by atoms with Crippen LogP contribution in [0.25, 0.3) is 0 Å². The van der Waals surface area contributed by atoms with Crippen LogP contribution < -0.4 is 5.32 Å². The molecule has 13 nitrogen and oxygen atoms in total. The van der Waals surface area contributed by atoms with Crippen LogP contribution in [0.15, 0.2) is 93.3 Å². The number of carbonyl (C=O) groups is 5. The smallest absolute Gasteiger partial charge is 0.408 e. The number of rotatable bonds is 18. The van der Waals surface area contributed by atoms with Crippen LogP contribution in [0.1, 0.15) is 117 Å². The minimum absolute atomic E-state index is 0.0371. The van der Waals surface area contributed by atoms with E-state index in [0.29, 0.717) is 24.3 Å². The zero-order valence-corrected chi connectivity index (χ0v) is 34.7. The molecule has 0 bridgehead atoms. The average molecular weight is 822 g/mol. The number of allylic oxidation sites excluding steroid dienone is 5. The molecule has 2 rings (SSSR count). The predicted octanol–water partition coefficient (Wildman–Crippen LogP) is 9.36. The van der Waals surface area contributed by atoms with E-state index in [1.165, 1.54) is 65.8 Å². The number of carbonyl (C=O) groups excluding carboxylic acids is 1. The van der Waals surface area contributed by atoms with Gasteiger partial charge in [-0.05, 0) is 136 Å². The maximum absolute atomic E-state index is 12.2. The molecule has 1 atom stereocenters. The summed E-state index contributed by atoms with van der Waals surface area (Å²) in [5, 5.41) is 37.5. The largest absolute Gasteiger partial charge is 0.481 e. The summed E-state index contributed by atoms with van der Waals surface area (Å²) in [7, 11) is -3.65. The number of ether oxygens (including phenoxy) is 1. The van der Waals surface area contributed by atoms with Crippen molar-refractivity contribution in [2.45, 2.75) is 128 Å². The van der Waals surface area contributed by atoms with Crippen molar-refractivity contribution in [2.75, 3.05) is 0 Å². The molecule has 0 saturated carbocycles. The van der Waals surface area contributed by atoms with Crippen LogP contribution in [-0.2, 0) is 29.0 Å². The number of aromatic carboxylic acids is 1. The number of aliphatic carboxylic acids is 3. The summed E-state index contributed by atoms with van der Waals surface area (Å²) in [6, 6.07) is 9.82. The van der Waals surface area contributed by atoms with Crippen LogP contribution in [0.2, 0.25) is 5.02 Å². The van der Waals surface area contributed by atoms with E-state index >= 15 is 0 Å². The second-order valence-electron chi connectivity index (χ2n) is 14.1. The lowest BCUT2D eigenvalue weighted by Gasteiger charge is -2.22. The van der Waals surface area contributed by atoms with Crippen molar-refractivity contribution in [3.05, 3.63) is 94.1 Å². The van der Waals surface area contributed by atoms with E-state index < -0.39 is 51.5 Å². The minimum atomic E-state index is -3.65.